The molecular weight excluding hydrogens is 845 g/mol. The molecule has 70 heavy (non-hydrogen) atoms. The van der Waals surface area contributed by atoms with E-state index in [1.165, 1.54) is 105 Å². The Bertz CT molecular complexity index is 3990. The smallest absolute Gasteiger partial charge is 0.0541 e. The summed E-state index contributed by atoms with van der Waals surface area (Å²) in [5.41, 5.74) is 19.0. The number of nitrogens with zero attached hydrogens (tertiary/aromatic N) is 2. The molecule has 0 radical (unpaired) electrons. The molecule has 0 N–H and O–H groups in total. The molecule has 0 saturated heterocycles. The predicted octanol–water partition coefficient (Wildman–Crippen LogP) is 18.9. The highest BCUT2D eigenvalue weighted by Gasteiger charge is 2.17. The van der Waals surface area contributed by atoms with Gasteiger partial charge in [-0.1, -0.05) is 218 Å². The maximum absolute atomic E-state index is 2.38. The maximum Gasteiger partial charge on any atom is 0.0541 e. The van der Waals surface area contributed by atoms with Crippen LogP contribution >= 0.6 is 0 Å². The van der Waals surface area contributed by atoms with Gasteiger partial charge < -0.3 is 9.47 Å². The molecule has 0 amide bonds. The Balaban J connectivity index is 0.741. The van der Waals surface area contributed by atoms with E-state index in [0.717, 1.165) is 17.1 Å². The van der Waals surface area contributed by atoms with E-state index in [9.17, 15) is 0 Å². The Hall–Kier alpha value is -9.24. The van der Waals surface area contributed by atoms with Crippen molar-refractivity contribution in [2.75, 3.05) is 4.90 Å². The Morgan fingerprint density at radius 1 is 0.243 bits per heavy atom. The summed E-state index contributed by atoms with van der Waals surface area (Å²) in [5.74, 6) is 0. The fourth-order valence-corrected chi connectivity index (χ4v) is 10.5. The molecule has 0 bridgehead atoms. The Labute approximate surface area is 408 Å². The zero-order valence-corrected chi connectivity index (χ0v) is 38.5. The minimum atomic E-state index is 1.11. The topological polar surface area (TPSA) is 8.17 Å². The molecule has 328 valence electrons. The first-order valence-corrected chi connectivity index (χ1v) is 24.1. The van der Waals surface area contributed by atoms with Gasteiger partial charge in [0, 0.05) is 33.2 Å². The van der Waals surface area contributed by atoms with Gasteiger partial charge in [0.15, 0.2) is 0 Å². The van der Waals surface area contributed by atoms with Crippen molar-refractivity contribution in [3.63, 3.8) is 0 Å². The van der Waals surface area contributed by atoms with Crippen molar-refractivity contribution in [3.8, 4) is 61.3 Å². The monoisotopic (exact) mass is 890 g/mol. The van der Waals surface area contributed by atoms with Crippen molar-refractivity contribution >= 4 is 60.4 Å². The summed E-state index contributed by atoms with van der Waals surface area (Å²) in [6.07, 6.45) is 0. The molecule has 12 aromatic carbocycles. The molecule has 0 spiro atoms. The third-order valence-corrected chi connectivity index (χ3v) is 14.0. The minimum absolute atomic E-state index is 1.11. The molecule has 1 aromatic heterocycles. The number of hydrogen-bond donors (Lipinski definition) is 0. The molecular formula is C68H46N2. The summed E-state index contributed by atoms with van der Waals surface area (Å²) >= 11 is 0. The number of rotatable bonds is 9. The van der Waals surface area contributed by atoms with Crippen molar-refractivity contribution in [1.82, 2.24) is 4.57 Å². The van der Waals surface area contributed by atoms with Crippen LogP contribution in [0.1, 0.15) is 0 Å². The predicted molar refractivity (Wildman–Crippen MR) is 298 cm³/mol. The van der Waals surface area contributed by atoms with Gasteiger partial charge in [-0.25, -0.2) is 0 Å². The number of anilines is 3. The lowest BCUT2D eigenvalue weighted by Gasteiger charge is -2.27. The highest BCUT2D eigenvalue weighted by Crippen LogP contribution is 2.42. The van der Waals surface area contributed by atoms with E-state index in [1.807, 2.05) is 0 Å². The fraction of sp³-hybridized carbons (Fsp3) is 0. The second kappa shape index (κ2) is 17.4. The molecule has 2 heteroatoms. The summed E-state index contributed by atoms with van der Waals surface area (Å²) in [5, 5.41) is 7.46. The summed E-state index contributed by atoms with van der Waals surface area (Å²) in [6, 6.07) is 101. The summed E-state index contributed by atoms with van der Waals surface area (Å²) < 4.78 is 2.36. The number of fused-ring (bicyclic) bond motifs is 5. The highest BCUT2D eigenvalue weighted by molar-refractivity contribution is 6.10. The molecule has 0 aliphatic rings. The van der Waals surface area contributed by atoms with Gasteiger partial charge in [-0.05, 0) is 132 Å². The standard InChI is InChI=1S/C68H46N2/c1-2-16-58(17-3-1)70-67-22-9-8-20-64(67)65-46-57(40-45-68(65)70)53-34-32-50(33-35-53)49-26-24-47(25-27-49)48-28-30-51(31-29-48)52-36-41-59(42-37-52)69(66-23-11-15-55-13-5-7-19-63(55)66)60-43-38-56(39-44-60)62-21-10-14-54-12-4-6-18-61(54)62/h1-46H. The van der Waals surface area contributed by atoms with Crippen LogP contribution in [0, 0.1) is 0 Å². The quantitative estimate of drug-likeness (QED) is 0.140. The zero-order valence-electron chi connectivity index (χ0n) is 38.5. The molecule has 0 unspecified atom stereocenters. The van der Waals surface area contributed by atoms with Crippen LogP contribution in [0.3, 0.4) is 0 Å². The Morgan fingerprint density at radius 3 is 1.23 bits per heavy atom. The van der Waals surface area contributed by atoms with Gasteiger partial charge in [0.1, 0.15) is 0 Å². The highest BCUT2D eigenvalue weighted by atomic mass is 15.1. The summed E-state index contributed by atoms with van der Waals surface area (Å²) in [7, 11) is 0. The van der Waals surface area contributed by atoms with E-state index in [2.05, 4.69) is 289 Å². The number of para-hydroxylation sites is 2. The van der Waals surface area contributed by atoms with Gasteiger partial charge in [-0.2, -0.15) is 0 Å². The van der Waals surface area contributed by atoms with Gasteiger partial charge >= 0.3 is 0 Å². The number of benzene rings is 12. The van der Waals surface area contributed by atoms with Crippen molar-refractivity contribution in [2.24, 2.45) is 0 Å². The SMILES string of the molecule is c1ccc(-n2c3ccccc3c3cc(-c4ccc(-c5ccc(-c6ccc(-c7ccc(N(c8ccc(-c9cccc%10ccccc9%10)cc8)c8cccc9ccccc89)cc7)cc6)cc5)cc4)ccc32)cc1. The second-order valence-electron chi connectivity index (χ2n) is 18.1. The molecule has 0 atom stereocenters. The van der Waals surface area contributed by atoms with Crippen LogP contribution in [0.2, 0.25) is 0 Å². The van der Waals surface area contributed by atoms with E-state index in [0.29, 0.717) is 0 Å². The largest absolute Gasteiger partial charge is 0.310 e. The van der Waals surface area contributed by atoms with Crippen LogP contribution < -0.4 is 4.90 Å². The molecule has 0 fully saturated rings. The maximum atomic E-state index is 2.38. The van der Waals surface area contributed by atoms with Crippen molar-refractivity contribution < 1.29 is 0 Å². The molecule has 13 rings (SSSR count). The average Bonchev–Trinajstić information content (AvgIpc) is 3.77. The third-order valence-electron chi connectivity index (χ3n) is 14.0. The molecule has 0 aliphatic heterocycles. The van der Waals surface area contributed by atoms with Crippen molar-refractivity contribution in [3.05, 3.63) is 279 Å². The van der Waals surface area contributed by atoms with Crippen LogP contribution in [0.25, 0.3) is 105 Å². The number of aromatic nitrogens is 1. The van der Waals surface area contributed by atoms with Crippen molar-refractivity contribution in [1.29, 1.82) is 0 Å². The van der Waals surface area contributed by atoms with Crippen LogP contribution in [-0.2, 0) is 0 Å². The van der Waals surface area contributed by atoms with E-state index in [1.54, 1.807) is 0 Å². The van der Waals surface area contributed by atoms with Gasteiger partial charge in [0.05, 0.1) is 16.7 Å². The summed E-state index contributed by atoms with van der Waals surface area (Å²) in [4.78, 5) is 2.38. The second-order valence-corrected chi connectivity index (χ2v) is 18.1. The van der Waals surface area contributed by atoms with Crippen molar-refractivity contribution in [2.45, 2.75) is 0 Å². The molecule has 2 nitrogen and oxygen atoms in total. The first kappa shape index (κ1) is 41.0. The lowest BCUT2D eigenvalue weighted by atomic mass is 9.96. The van der Waals surface area contributed by atoms with Crippen LogP contribution in [0.5, 0.6) is 0 Å². The van der Waals surface area contributed by atoms with Gasteiger partial charge in [0.2, 0.25) is 0 Å². The average molecular weight is 891 g/mol. The zero-order chi connectivity index (χ0) is 46.4. The fourth-order valence-electron chi connectivity index (χ4n) is 10.5. The lowest BCUT2D eigenvalue weighted by Crippen LogP contribution is -2.10. The van der Waals surface area contributed by atoms with Crippen LogP contribution in [0.4, 0.5) is 17.1 Å². The minimum Gasteiger partial charge on any atom is -0.310 e. The number of hydrogen-bond acceptors (Lipinski definition) is 1. The Morgan fingerprint density at radius 2 is 0.643 bits per heavy atom. The molecule has 13 aromatic rings. The van der Waals surface area contributed by atoms with E-state index < -0.39 is 0 Å². The molecule has 1 heterocycles. The van der Waals surface area contributed by atoms with Gasteiger partial charge in [-0.15, -0.1) is 0 Å². The van der Waals surface area contributed by atoms with Gasteiger partial charge in [-0.3, -0.25) is 0 Å². The lowest BCUT2D eigenvalue weighted by molar-refractivity contribution is 1.18. The summed E-state index contributed by atoms with van der Waals surface area (Å²) in [6.45, 7) is 0. The van der Waals surface area contributed by atoms with E-state index >= 15 is 0 Å². The van der Waals surface area contributed by atoms with Crippen LogP contribution in [-0.4, -0.2) is 4.57 Å². The van der Waals surface area contributed by atoms with Crippen LogP contribution in [0.15, 0.2) is 279 Å². The normalized spacial score (nSPS) is 11.4. The first-order valence-electron chi connectivity index (χ1n) is 24.1. The van der Waals surface area contributed by atoms with E-state index in [-0.39, 0.29) is 0 Å². The molecule has 0 saturated carbocycles. The Kier molecular flexibility index (Phi) is 10.2. The third kappa shape index (κ3) is 7.40. The first-order chi connectivity index (χ1) is 34.7. The molecule has 0 aliphatic carbocycles. The van der Waals surface area contributed by atoms with E-state index in [4.69, 9.17) is 0 Å². The van der Waals surface area contributed by atoms with Gasteiger partial charge in [0.25, 0.3) is 0 Å².